The highest BCUT2D eigenvalue weighted by Gasteiger charge is 2.31. The molecule has 0 bridgehead atoms. The predicted octanol–water partition coefficient (Wildman–Crippen LogP) is 3.54. The molecule has 0 spiro atoms. The Morgan fingerprint density at radius 2 is 2.20 bits per heavy atom. The molecule has 2 rings (SSSR count). The summed E-state index contributed by atoms with van der Waals surface area (Å²) in [5, 5.41) is 10.2. The third-order valence-corrected chi connectivity index (χ3v) is 5.20. The highest BCUT2D eigenvalue weighted by atomic mass is 35.5. The van der Waals surface area contributed by atoms with Gasteiger partial charge in [0.05, 0.1) is 10.6 Å². The minimum atomic E-state index is -0.627. The second-order valence-electron chi connectivity index (χ2n) is 5.02. The van der Waals surface area contributed by atoms with E-state index in [-0.39, 0.29) is 22.4 Å². The van der Waals surface area contributed by atoms with Crippen molar-refractivity contribution in [1.82, 2.24) is 4.90 Å². The van der Waals surface area contributed by atoms with Crippen LogP contribution in [0.2, 0.25) is 5.02 Å². The number of hydrogen-bond acceptors (Lipinski definition) is 3. The van der Waals surface area contributed by atoms with Crippen LogP contribution in [-0.4, -0.2) is 40.5 Å². The fraction of sp³-hybridized carbons (Fsp3) is 0.500. The van der Waals surface area contributed by atoms with Gasteiger partial charge in [-0.25, -0.2) is 4.39 Å². The average molecular weight is 318 g/mol. The molecule has 0 aromatic heterocycles. The van der Waals surface area contributed by atoms with Gasteiger partial charge >= 0.3 is 0 Å². The molecule has 1 aromatic carbocycles. The van der Waals surface area contributed by atoms with Crippen molar-refractivity contribution in [2.24, 2.45) is 0 Å². The topological polar surface area (TPSA) is 40.5 Å². The average Bonchev–Trinajstić information content (AvgIpc) is 2.90. The van der Waals surface area contributed by atoms with Crippen LogP contribution < -0.4 is 0 Å². The highest BCUT2D eigenvalue weighted by Crippen LogP contribution is 2.34. The molecule has 3 nitrogen and oxygen atoms in total. The van der Waals surface area contributed by atoms with E-state index >= 15 is 0 Å². The van der Waals surface area contributed by atoms with E-state index in [1.165, 1.54) is 0 Å². The Labute approximate surface area is 127 Å². The second kappa shape index (κ2) is 6.22. The number of carbonyl (C=O) groups is 1. The molecule has 6 heteroatoms. The summed E-state index contributed by atoms with van der Waals surface area (Å²) in [5.74, 6) is -1.38. The zero-order chi connectivity index (χ0) is 14.9. The molecule has 2 atom stereocenters. The van der Waals surface area contributed by atoms with Crippen LogP contribution in [-0.2, 0) is 0 Å². The van der Waals surface area contributed by atoms with Gasteiger partial charge in [0.1, 0.15) is 11.6 Å². The van der Waals surface area contributed by atoms with E-state index in [9.17, 15) is 14.3 Å². The fourth-order valence-corrected chi connectivity index (χ4v) is 3.56. The number of carbonyl (C=O) groups excluding carboxylic acids is 1. The van der Waals surface area contributed by atoms with E-state index in [1.807, 2.05) is 0 Å². The monoisotopic (exact) mass is 317 g/mol. The summed E-state index contributed by atoms with van der Waals surface area (Å²) in [7, 11) is 1.69. The molecular formula is C14H17ClFNO2S. The molecule has 1 aromatic rings. The molecule has 1 fully saturated rings. The Morgan fingerprint density at radius 1 is 1.50 bits per heavy atom. The lowest BCUT2D eigenvalue weighted by atomic mass is 10.1. The lowest BCUT2D eigenvalue weighted by Crippen LogP contribution is -2.35. The lowest BCUT2D eigenvalue weighted by molar-refractivity contribution is 0.0732. The Kier molecular flexibility index (Phi) is 4.81. The molecule has 1 amide bonds. The van der Waals surface area contributed by atoms with E-state index in [4.69, 9.17) is 11.6 Å². The van der Waals surface area contributed by atoms with Crippen LogP contribution in [0.15, 0.2) is 12.1 Å². The van der Waals surface area contributed by atoms with Crippen molar-refractivity contribution < 1.29 is 14.3 Å². The zero-order valence-corrected chi connectivity index (χ0v) is 13.0. The van der Waals surface area contributed by atoms with Gasteiger partial charge in [-0.2, -0.15) is 11.8 Å². The smallest absolute Gasteiger partial charge is 0.257 e. The second-order valence-corrected chi connectivity index (χ2v) is 6.57. The summed E-state index contributed by atoms with van der Waals surface area (Å²) in [4.78, 5) is 14.0. The van der Waals surface area contributed by atoms with Gasteiger partial charge in [-0.05, 0) is 37.7 Å². The molecule has 20 heavy (non-hydrogen) atoms. The first-order valence-corrected chi connectivity index (χ1v) is 8.08. The first-order valence-electron chi connectivity index (χ1n) is 6.42. The number of thioether (sulfide) groups is 1. The van der Waals surface area contributed by atoms with Crippen molar-refractivity contribution in [2.75, 3.05) is 13.3 Å². The summed E-state index contributed by atoms with van der Waals surface area (Å²) >= 11 is 7.51. The van der Waals surface area contributed by atoms with Gasteiger partial charge in [0, 0.05) is 18.3 Å². The molecule has 0 saturated heterocycles. The number of benzene rings is 1. The number of amides is 1. The first kappa shape index (κ1) is 15.4. The van der Waals surface area contributed by atoms with E-state index in [1.54, 1.807) is 23.7 Å². The maximum Gasteiger partial charge on any atom is 0.257 e. The third kappa shape index (κ3) is 3.04. The van der Waals surface area contributed by atoms with Crippen molar-refractivity contribution in [1.29, 1.82) is 0 Å². The number of phenols is 1. The van der Waals surface area contributed by atoms with Gasteiger partial charge in [-0.3, -0.25) is 4.79 Å². The summed E-state index contributed by atoms with van der Waals surface area (Å²) in [5.41, 5.74) is -0.0786. The lowest BCUT2D eigenvalue weighted by Gasteiger charge is -2.25. The summed E-state index contributed by atoms with van der Waals surface area (Å²) in [6.07, 6.45) is 4.98. The summed E-state index contributed by atoms with van der Waals surface area (Å²) in [6, 6.07) is 2.15. The molecule has 1 aliphatic carbocycles. The molecular weight excluding hydrogens is 301 g/mol. The van der Waals surface area contributed by atoms with Crippen LogP contribution in [0.25, 0.3) is 0 Å². The van der Waals surface area contributed by atoms with E-state index in [0.29, 0.717) is 5.25 Å². The highest BCUT2D eigenvalue weighted by molar-refractivity contribution is 7.99. The molecule has 110 valence electrons. The molecule has 0 aliphatic heterocycles. The Hall–Kier alpha value is -0.940. The normalized spacial score (nSPS) is 22.0. The van der Waals surface area contributed by atoms with E-state index < -0.39 is 11.7 Å². The summed E-state index contributed by atoms with van der Waals surface area (Å²) < 4.78 is 13.4. The molecule has 1 saturated carbocycles. The van der Waals surface area contributed by atoms with E-state index in [2.05, 4.69) is 6.26 Å². The number of hydrogen-bond donors (Lipinski definition) is 1. The van der Waals surface area contributed by atoms with Gasteiger partial charge in [-0.15, -0.1) is 0 Å². The van der Waals surface area contributed by atoms with Crippen LogP contribution in [0.4, 0.5) is 4.39 Å². The SMILES string of the molecule is CS[C@@H]1CC[C@@H](N(C)C(=O)c2cc(F)cc(Cl)c2O)C1. The Balaban J connectivity index is 2.19. The summed E-state index contributed by atoms with van der Waals surface area (Å²) in [6.45, 7) is 0. The van der Waals surface area contributed by atoms with Crippen molar-refractivity contribution >= 4 is 29.3 Å². The van der Waals surface area contributed by atoms with Crippen LogP contribution in [0, 0.1) is 5.82 Å². The maximum atomic E-state index is 13.4. The van der Waals surface area contributed by atoms with Gasteiger partial charge < -0.3 is 10.0 Å². The zero-order valence-electron chi connectivity index (χ0n) is 11.4. The van der Waals surface area contributed by atoms with Crippen molar-refractivity contribution in [2.45, 2.75) is 30.6 Å². The van der Waals surface area contributed by atoms with Crippen LogP contribution in [0.3, 0.4) is 0 Å². The third-order valence-electron chi connectivity index (χ3n) is 3.82. The first-order chi connectivity index (χ1) is 9.43. The van der Waals surface area contributed by atoms with Crippen LogP contribution >= 0.6 is 23.4 Å². The van der Waals surface area contributed by atoms with Crippen LogP contribution in [0.5, 0.6) is 5.75 Å². The van der Waals surface area contributed by atoms with E-state index in [0.717, 1.165) is 31.4 Å². The van der Waals surface area contributed by atoms with Gasteiger partial charge in [0.2, 0.25) is 0 Å². The quantitative estimate of drug-likeness (QED) is 0.927. The molecule has 1 aliphatic rings. The minimum absolute atomic E-state index is 0.0786. The minimum Gasteiger partial charge on any atom is -0.506 e. The molecule has 0 radical (unpaired) electrons. The van der Waals surface area contributed by atoms with Gasteiger partial charge in [-0.1, -0.05) is 11.6 Å². The van der Waals surface area contributed by atoms with Crippen molar-refractivity contribution in [3.05, 3.63) is 28.5 Å². The molecule has 1 N–H and O–H groups in total. The Morgan fingerprint density at radius 3 is 2.80 bits per heavy atom. The molecule has 0 unspecified atom stereocenters. The maximum absolute atomic E-state index is 13.4. The molecule has 0 heterocycles. The van der Waals surface area contributed by atoms with Crippen LogP contribution in [0.1, 0.15) is 29.6 Å². The largest absolute Gasteiger partial charge is 0.506 e. The van der Waals surface area contributed by atoms with Crippen molar-refractivity contribution in [3.8, 4) is 5.75 Å². The number of nitrogens with zero attached hydrogens (tertiary/aromatic N) is 1. The standard InChI is InChI=1S/C14H17ClFNO2S/c1-17(9-3-4-10(7-9)20-2)14(19)11-5-8(16)6-12(15)13(11)18/h5-6,9-10,18H,3-4,7H2,1-2H3/t9-,10-/m1/s1. The number of phenolic OH excluding ortho intramolecular Hbond substituents is 1. The predicted molar refractivity (Wildman–Crippen MR) is 80.1 cm³/mol. The number of rotatable bonds is 3. The van der Waals surface area contributed by atoms with Crippen molar-refractivity contribution in [3.63, 3.8) is 0 Å². The number of halogens is 2. The fourth-order valence-electron chi connectivity index (χ4n) is 2.57. The van der Waals surface area contributed by atoms with Gasteiger partial charge in [0.15, 0.2) is 0 Å². The Bertz CT molecular complexity index is 526. The van der Waals surface area contributed by atoms with Gasteiger partial charge in [0.25, 0.3) is 5.91 Å². The number of aromatic hydroxyl groups is 1.